The zero-order valence-corrected chi connectivity index (χ0v) is 11.1. The molecular formula is C12H18FN3O3. The number of methoxy groups -OCH3 is 2. The molecule has 6 nitrogen and oxygen atoms in total. The van der Waals surface area contributed by atoms with Gasteiger partial charge in [-0.15, -0.1) is 0 Å². The highest BCUT2D eigenvalue weighted by Crippen LogP contribution is 2.19. The molecule has 1 aliphatic heterocycles. The van der Waals surface area contributed by atoms with Crippen LogP contribution in [0.4, 0.5) is 10.3 Å². The zero-order chi connectivity index (χ0) is 13.7. The standard InChI is InChI=1S/C12H18FN3O3/c1-17-5-3-9-8-16(4-6-19-9)12-14-7-10(13)11(15-12)18-2/h7,9H,3-6,8H2,1-2H3. The molecule has 1 fully saturated rings. The van der Waals surface area contributed by atoms with E-state index in [-0.39, 0.29) is 12.0 Å². The Kier molecular flexibility index (Phi) is 4.86. The lowest BCUT2D eigenvalue weighted by Crippen LogP contribution is -2.43. The van der Waals surface area contributed by atoms with Crippen molar-refractivity contribution in [3.05, 3.63) is 12.0 Å². The molecule has 0 aromatic carbocycles. The van der Waals surface area contributed by atoms with Crippen molar-refractivity contribution >= 4 is 5.95 Å². The van der Waals surface area contributed by atoms with Gasteiger partial charge in [0.25, 0.3) is 5.88 Å². The third kappa shape index (κ3) is 3.51. The summed E-state index contributed by atoms with van der Waals surface area (Å²) in [6, 6.07) is 0. The molecule has 1 aliphatic rings. The molecule has 19 heavy (non-hydrogen) atoms. The van der Waals surface area contributed by atoms with Crippen LogP contribution in [0.1, 0.15) is 6.42 Å². The number of halogens is 1. The van der Waals surface area contributed by atoms with E-state index in [4.69, 9.17) is 14.2 Å². The molecule has 0 aliphatic carbocycles. The molecule has 0 saturated carbocycles. The largest absolute Gasteiger partial charge is 0.479 e. The van der Waals surface area contributed by atoms with Crippen molar-refractivity contribution in [2.75, 3.05) is 45.4 Å². The maximum absolute atomic E-state index is 13.3. The number of nitrogens with zero attached hydrogens (tertiary/aromatic N) is 3. The smallest absolute Gasteiger partial charge is 0.255 e. The van der Waals surface area contributed by atoms with Gasteiger partial charge in [0, 0.05) is 26.8 Å². The number of ether oxygens (including phenoxy) is 3. The molecule has 0 N–H and O–H groups in total. The second-order valence-electron chi connectivity index (χ2n) is 4.25. The van der Waals surface area contributed by atoms with Crippen LogP contribution in [0.3, 0.4) is 0 Å². The van der Waals surface area contributed by atoms with Gasteiger partial charge in [-0.25, -0.2) is 4.98 Å². The molecule has 0 spiro atoms. The van der Waals surface area contributed by atoms with Gasteiger partial charge < -0.3 is 19.1 Å². The Morgan fingerprint density at radius 2 is 2.37 bits per heavy atom. The average molecular weight is 271 g/mol. The SMILES string of the molecule is COCCC1CN(c2ncc(F)c(OC)n2)CCO1. The lowest BCUT2D eigenvalue weighted by Gasteiger charge is -2.32. The number of anilines is 1. The fourth-order valence-electron chi connectivity index (χ4n) is 1.96. The first-order valence-electron chi connectivity index (χ1n) is 6.16. The molecule has 1 aromatic rings. The summed E-state index contributed by atoms with van der Waals surface area (Å²) < 4.78 is 28.8. The van der Waals surface area contributed by atoms with Crippen LogP contribution in [0.25, 0.3) is 0 Å². The van der Waals surface area contributed by atoms with Gasteiger partial charge >= 0.3 is 0 Å². The highest BCUT2D eigenvalue weighted by atomic mass is 19.1. The van der Waals surface area contributed by atoms with Crippen molar-refractivity contribution in [2.24, 2.45) is 0 Å². The van der Waals surface area contributed by atoms with E-state index >= 15 is 0 Å². The Morgan fingerprint density at radius 3 is 3.11 bits per heavy atom. The number of morpholine rings is 1. The third-order valence-electron chi connectivity index (χ3n) is 2.96. The third-order valence-corrected chi connectivity index (χ3v) is 2.96. The Hall–Kier alpha value is -1.47. The molecule has 7 heteroatoms. The minimum Gasteiger partial charge on any atom is -0.479 e. The lowest BCUT2D eigenvalue weighted by atomic mass is 10.2. The predicted molar refractivity (Wildman–Crippen MR) is 67.0 cm³/mol. The van der Waals surface area contributed by atoms with E-state index in [0.29, 0.717) is 32.3 Å². The molecule has 0 amide bonds. The van der Waals surface area contributed by atoms with E-state index in [0.717, 1.165) is 12.6 Å². The Labute approximate surface area is 111 Å². The minimum absolute atomic E-state index is 0.0371. The maximum atomic E-state index is 13.3. The number of hydrogen-bond acceptors (Lipinski definition) is 6. The highest BCUT2D eigenvalue weighted by molar-refractivity contribution is 5.33. The van der Waals surface area contributed by atoms with Gasteiger partial charge in [0.15, 0.2) is 0 Å². The van der Waals surface area contributed by atoms with Crippen LogP contribution in [0.15, 0.2) is 6.20 Å². The highest BCUT2D eigenvalue weighted by Gasteiger charge is 2.23. The second-order valence-corrected chi connectivity index (χ2v) is 4.25. The molecule has 2 heterocycles. The van der Waals surface area contributed by atoms with Crippen LogP contribution in [-0.4, -0.2) is 56.6 Å². The van der Waals surface area contributed by atoms with Crippen LogP contribution in [0, 0.1) is 5.82 Å². The number of rotatable bonds is 5. The lowest BCUT2D eigenvalue weighted by molar-refractivity contribution is 0.0186. The predicted octanol–water partition coefficient (Wildman–Crippen LogP) is 0.866. The first-order valence-corrected chi connectivity index (χ1v) is 6.16. The average Bonchev–Trinajstić information content (AvgIpc) is 2.46. The Bertz CT molecular complexity index is 419. The Morgan fingerprint density at radius 1 is 1.53 bits per heavy atom. The fourth-order valence-corrected chi connectivity index (χ4v) is 1.96. The van der Waals surface area contributed by atoms with Crippen LogP contribution in [0.5, 0.6) is 5.88 Å². The van der Waals surface area contributed by atoms with Gasteiger partial charge in [0.05, 0.1) is 26.0 Å². The van der Waals surface area contributed by atoms with Crippen molar-refractivity contribution < 1.29 is 18.6 Å². The molecule has 1 saturated heterocycles. The summed E-state index contributed by atoms with van der Waals surface area (Å²) in [6.07, 6.45) is 2.01. The van der Waals surface area contributed by atoms with Crippen LogP contribution in [-0.2, 0) is 9.47 Å². The summed E-state index contributed by atoms with van der Waals surface area (Å²) in [7, 11) is 3.05. The van der Waals surface area contributed by atoms with Crippen LogP contribution in [0.2, 0.25) is 0 Å². The van der Waals surface area contributed by atoms with Crippen molar-refractivity contribution in [3.8, 4) is 5.88 Å². The van der Waals surface area contributed by atoms with Crippen molar-refractivity contribution in [3.63, 3.8) is 0 Å². The van der Waals surface area contributed by atoms with Gasteiger partial charge in [0.1, 0.15) is 0 Å². The fraction of sp³-hybridized carbons (Fsp3) is 0.667. The molecule has 106 valence electrons. The molecule has 0 bridgehead atoms. The van der Waals surface area contributed by atoms with Crippen LogP contribution < -0.4 is 9.64 Å². The van der Waals surface area contributed by atoms with Gasteiger partial charge in [-0.1, -0.05) is 0 Å². The molecule has 0 radical (unpaired) electrons. The minimum atomic E-state index is -0.560. The van der Waals surface area contributed by atoms with Gasteiger partial charge in [-0.05, 0) is 6.42 Å². The summed E-state index contributed by atoms with van der Waals surface area (Å²) in [6.45, 7) is 2.58. The molecular weight excluding hydrogens is 253 g/mol. The molecule has 1 unspecified atom stereocenters. The van der Waals surface area contributed by atoms with Gasteiger partial charge in [-0.2, -0.15) is 9.37 Å². The maximum Gasteiger partial charge on any atom is 0.255 e. The van der Waals surface area contributed by atoms with E-state index in [1.807, 2.05) is 4.90 Å². The van der Waals surface area contributed by atoms with E-state index in [2.05, 4.69) is 9.97 Å². The number of aromatic nitrogens is 2. The quantitative estimate of drug-likeness (QED) is 0.792. The summed E-state index contributed by atoms with van der Waals surface area (Å²) >= 11 is 0. The second kappa shape index (κ2) is 6.63. The monoisotopic (exact) mass is 271 g/mol. The topological polar surface area (TPSA) is 56.7 Å². The first-order chi connectivity index (χ1) is 9.24. The Balaban J connectivity index is 2.04. The van der Waals surface area contributed by atoms with E-state index < -0.39 is 5.82 Å². The molecule has 1 aromatic heterocycles. The molecule has 1 atom stereocenters. The van der Waals surface area contributed by atoms with Gasteiger partial charge in [0.2, 0.25) is 11.8 Å². The normalized spacial score (nSPS) is 19.5. The zero-order valence-electron chi connectivity index (χ0n) is 11.1. The summed E-state index contributed by atoms with van der Waals surface area (Å²) in [5.74, 6) is -0.135. The van der Waals surface area contributed by atoms with Crippen LogP contribution >= 0.6 is 0 Å². The van der Waals surface area contributed by atoms with E-state index in [9.17, 15) is 4.39 Å². The van der Waals surface area contributed by atoms with E-state index in [1.54, 1.807) is 7.11 Å². The molecule has 2 rings (SSSR count). The van der Waals surface area contributed by atoms with Crippen molar-refractivity contribution in [1.82, 2.24) is 9.97 Å². The summed E-state index contributed by atoms with van der Waals surface area (Å²) in [5, 5.41) is 0. The summed E-state index contributed by atoms with van der Waals surface area (Å²) in [5.41, 5.74) is 0. The summed E-state index contributed by atoms with van der Waals surface area (Å²) in [4.78, 5) is 10.0. The first kappa shape index (κ1) is 14.0. The van der Waals surface area contributed by atoms with E-state index in [1.165, 1.54) is 7.11 Å². The van der Waals surface area contributed by atoms with Gasteiger partial charge in [-0.3, -0.25) is 0 Å². The number of hydrogen-bond donors (Lipinski definition) is 0. The van der Waals surface area contributed by atoms with Crippen molar-refractivity contribution in [1.29, 1.82) is 0 Å². The van der Waals surface area contributed by atoms with Crippen molar-refractivity contribution in [2.45, 2.75) is 12.5 Å².